The first-order valence-electron chi connectivity index (χ1n) is 5.85. The van der Waals surface area contributed by atoms with E-state index in [4.69, 9.17) is 9.84 Å². The van der Waals surface area contributed by atoms with Gasteiger partial charge < -0.3 is 9.84 Å². The summed E-state index contributed by atoms with van der Waals surface area (Å²) in [5, 5.41) is 9.00. The lowest BCUT2D eigenvalue weighted by atomic mass is 10.1. The lowest BCUT2D eigenvalue weighted by Gasteiger charge is -2.10. The molecule has 0 radical (unpaired) electrons. The van der Waals surface area contributed by atoms with Crippen molar-refractivity contribution in [2.24, 2.45) is 0 Å². The Morgan fingerprint density at radius 3 is 2.44 bits per heavy atom. The van der Waals surface area contributed by atoms with Gasteiger partial charge in [0.1, 0.15) is 12.4 Å². The molecule has 0 fully saturated rings. The Hall–Kier alpha value is -1.32. The largest absolute Gasteiger partial charge is 0.489 e. The summed E-state index contributed by atoms with van der Waals surface area (Å²) in [5.41, 5.74) is 2.16. The van der Waals surface area contributed by atoms with Crippen molar-refractivity contribution in [3.63, 3.8) is 0 Å². The number of aliphatic hydroxyl groups excluding tert-OH is 1. The Bertz CT molecular complexity index is 494. The highest BCUT2D eigenvalue weighted by atomic mass is 79.9. The second kappa shape index (κ2) is 6.57. The molecule has 0 aromatic heterocycles. The van der Waals surface area contributed by atoms with Crippen LogP contribution in [0.3, 0.4) is 0 Å². The molecular weight excluding hydrogens is 292 g/mol. The SMILES string of the molecule is OCCc1ccccc1OCc1ccc(Br)cc1. The van der Waals surface area contributed by atoms with Crippen molar-refractivity contribution in [1.82, 2.24) is 0 Å². The Kier molecular flexibility index (Phi) is 4.79. The van der Waals surface area contributed by atoms with Gasteiger partial charge in [-0.3, -0.25) is 0 Å². The van der Waals surface area contributed by atoms with Crippen molar-refractivity contribution in [2.75, 3.05) is 6.61 Å². The molecule has 2 nitrogen and oxygen atoms in total. The number of hydrogen-bond acceptors (Lipinski definition) is 2. The third-order valence-electron chi connectivity index (χ3n) is 2.66. The molecule has 2 rings (SSSR count). The molecule has 0 heterocycles. The molecule has 0 aliphatic carbocycles. The van der Waals surface area contributed by atoms with Crippen molar-refractivity contribution >= 4 is 15.9 Å². The van der Waals surface area contributed by atoms with Crippen LogP contribution in [0, 0.1) is 0 Å². The summed E-state index contributed by atoms with van der Waals surface area (Å²) in [6, 6.07) is 15.9. The molecule has 0 aliphatic heterocycles. The third kappa shape index (κ3) is 3.59. The van der Waals surface area contributed by atoms with Gasteiger partial charge in [0.2, 0.25) is 0 Å². The molecule has 94 valence electrons. The van der Waals surface area contributed by atoms with Crippen molar-refractivity contribution in [1.29, 1.82) is 0 Å². The molecule has 2 aromatic carbocycles. The number of ether oxygens (including phenoxy) is 1. The summed E-state index contributed by atoms with van der Waals surface area (Å²) >= 11 is 3.41. The maximum atomic E-state index is 9.00. The van der Waals surface area contributed by atoms with Gasteiger partial charge in [-0.1, -0.05) is 46.3 Å². The first-order valence-corrected chi connectivity index (χ1v) is 6.65. The highest BCUT2D eigenvalue weighted by Crippen LogP contribution is 2.20. The van der Waals surface area contributed by atoms with Gasteiger partial charge in [-0.05, 0) is 35.7 Å². The molecule has 2 aromatic rings. The van der Waals surface area contributed by atoms with Crippen molar-refractivity contribution in [2.45, 2.75) is 13.0 Å². The van der Waals surface area contributed by atoms with E-state index in [1.54, 1.807) is 0 Å². The van der Waals surface area contributed by atoms with Crippen LogP contribution in [0.1, 0.15) is 11.1 Å². The summed E-state index contributed by atoms with van der Waals surface area (Å²) in [6.07, 6.45) is 0.622. The summed E-state index contributed by atoms with van der Waals surface area (Å²) in [4.78, 5) is 0. The number of aliphatic hydroxyl groups is 1. The molecule has 0 aliphatic rings. The van der Waals surface area contributed by atoms with Crippen LogP contribution in [-0.2, 0) is 13.0 Å². The van der Waals surface area contributed by atoms with Gasteiger partial charge in [-0.2, -0.15) is 0 Å². The van der Waals surface area contributed by atoms with E-state index >= 15 is 0 Å². The van der Waals surface area contributed by atoms with E-state index in [0.29, 0.717) is 13.0 Å². The van der Waals surface area contributed by atoms with E-state index in [2.05, 4.69) is 15.9 Å². The Balaban J connectivity index is 2.03. The topological polar surface area (TPSA) is 29.5 Å². The standard InChI is InChI=1S/C15H15BrO2/c16-14-7-5-12(6-8-14)11-18-15-4-2-1-3-13(15)9-10-17/h1-8,17H,9-11H2. The average Bonchev–Trinajstić information content (AvgIpc) is 2.40. The molecule has 3 heteroatoms. The molecular formula is C15H15BrO2. The number of benzene rings is 2. The van der Waals surface area contributed by atoms with Gasteiger partial charge >= 0.3 is 0 Å². The minimum atomic E-state index is 0.138. The van der Waals surface area contributed by atoms with E-state index in [9.17, 15) is 0 Å². The predicted molar refractivity (Wildman–Crippen MR) is 75.7 cm³/mol. The first-order chi connectivity index (χ1) is 8.79. The van der Waals surface area contributed by atoms with Crippen LogP contribution in [0.2, 0.25) is 0 Å². The van der Waals surface area contributed by atoms with Crippen LogP contribution in [-0.4, -0.2) is 11.7 Å². The molecule has 0 bridgehead atoms. The van der Waals surface area contributed by atoms with Crippen molar-refractivity contribution in [3.05, 3.63) is 64.1 Å². The highest BCUT2D eigenvalue weighted by molar-refractivity contribution is 9.10. The lowest BCUT2D eigenvalue weighted by Crippen LogP contribution is -2.00. The fourth-order valence-electron chi connectivity index (χ4n) is 1.71. The molecule has 0 spiro atoms. The van der Waals surface area contributed by atoms with Crippen LogP contribution in [0.25, 0.3) is 0 Å². The Morgan fingerprint density at radius 2 is 1.72 bits per heavy atom. The zero-order chi connectivity index (χ0) is 12.8. The summed E-state index contributed by atoms with van der Waals surface area (Å²) in [5.74, 6) is 0.842. The number of rotatable bonds is 5. The van der Waals surface area contributed by atoms with Crippen LogP contribution >= 0.6 is 15.9 Å². The first kappa shape index (κ1) is 13.1. The summed E-state index contributed by atoms with van der Waals surface area (Å²) < 4.78 is 6.85. The van der Waals surface area contributed by atoms with Crippen molar-refractivity contribution in [3.8, 4) is 5.75 Å². The van der Waals surface area contributed by atoms with E-state index in [0.717, 1.165) is 21.3 Å². The monoisotopic (exact) mass is 306 g/mol. The zero-order valence-corrected chi connectivity index (χ0v) is 11.6. The molecule has 0 atom stereocenters. The molecule has 0 saturated heterocycles. The number of para-hydroxylation sites is 1. The second-order valence-corrected chi connectivity index (χ2v) is 4.91. The van der Waals surface area contributed by atoms with E-state index in [-0.39, 0.29) is 6.61 Å². The summed E-state index contributed by atoms with van der Waals surface area (Å²) in [6.45, 7) is 0.675. The van der Waals surface area contributed by atoms with Gasteiger partial charge in [0.15, 0.2) is 0 Å². The van der Waals surface area contributed by atoms with Gasteiger partial charge in [-0.15, -0.1) is 0 Å². The van der Waals surface area contributed by atoms with Gasteiger partial charge in [0.25, 0.3) is 0 Å². The van der Waals surface area contributed by atoms with E-state index < -0.39 is 0 Å². The number of halogens is 1. The van der Waals surface area contributed by atoms with Gasteiger partial charge in [-0.25, -0.2) is 0 Å². The smallest absolute Gasteiger partial charge is 0.123 e. The third-order valence-corrected chi connectivity index (χ3v) is 3.19. The maximum Gasteiger partial charge on any atom is 0.123 e. The minimum absolute atomic E-state index is 0.138. The summed E-state index contributed by atoms with van der Waals surface area (Å²) in [7, 11) is 0. The number of hydrogen-bond donors (Lipinski definition) is 1. The molecule has 0 saturated carbocycles. The van der Waals surface area contributed by atoms with Crippen LogP contribution in [0.5, 0.6) is 5.75 Å². The van der Waals surface area contributed by atoms with Crippen LogP contribution in [0.4, 0.5) is 0 Å². The van der Waals surface area contributed by atoms with Gasteiger partial charge in [0.05, 0.1) is 0 Å². The lowest BCUT2D eigenvalue weighted by molar-refractivity contribution is 0.284. The predicted octanol–water partition coefficient (Wildman–Crippen LogP) is 3.56. The fraction of sp³-hybridized carbons (Fsp3) is 0.200. The Labute approximate surface area is 115 Å². The molecule has 0 amide bonds. The quantitative estimate of drug-likeness (QED) is 0.915. The van der Waals surface area contributed by atoms with Gasteiger partial charge in [0, 0.05) is 11.1 Å². The molecule has 18 heavy (non-hydrogen) atoms. The molecule has 0 unspecified atom stereocenters. The van der Waals surface area contributed by atoms with Crippen LogP contribution < -0.4 is 4.74 Å². The maximum absolute atomic E-state index is 9.00. The molecule has 1 N–H and O–H groups in total. The highest BCUT2D eigenvalue weighted by Gasteiger charge is 2.02. The van der Waals surface area contributed by atoms with E-state index in [1.165, 1.54) is 0 Å². The average molecular weight is 307 g/mol. The minimum Gasteiger partial charge on any atom is -0.489 e. The van der Waals surface area contributed by atoms with E-state index in [1.807, 2.05) is 48.5 Å². The van der Waals surface area contributed by atoms with Crippen molar-refractivity contribution < 1.29 is 9.84 Å². The second-order valence-electron chi connectivity index (χ2n) is 4.00. The fourth-order valence-corrected chi connectivity index (χ4v) is 1.98. The Morgan fingerprint density at radius 1 is 1.00 bits per heavy atom. The zero-order valence-electron chi connectivity index (χ0n) is 9.97. The normalized spacial score (nSPS) is 10.3. The van der Waals surface area contributed by atoms with Crippen LogP contribution in [0.15, 0.2) is 53.0 Å².